The van der Waals surface area contributed by atoms with E-state index >= 15 is 0 Å². The van der Waals surface area contributed by atoms with Crippen LogP contribution in [0, 0.1) is 0 Å². The minimum Gasteiger partial charge on any atom is -0.396 e. The van der Waals surface area contributed by atoms with Crippen LogP contribution in [0.5, 0.6) is 0 Å². The molecule has 1 fully saturated rings. The summed E-state index contributed by atoms with van der Waals surface area (Å²) < 4.78 is 13.0. The van der Waals surface area contributed by atoms with E-state index in [9.17, 15) is 0 Å². The molecule has 9 heteroatoms. The minimum atomic E-state index is -1.10. The lowest BCUT2D eigenvalue weighted by atomic mass is 10.2. The van der Waals surface area contributed by atoms with Crippen molar-refractivity contribution in [2.75, 3.05) is 38.6 Å². The minimum absolute atomic E-state index is 0.401. The van der Waals surface area contributed by atoms with Gasteiger partial charge in [0.1, 0.15) is 6.73 Å². The maximum Gasteiger partial charge on any atom is 0.161 e. The number of imidazole rings is 1. The molecule has 30 heavy (non-hydrogen) atoms. The third-order valence-electron chi connectivity index (χ3n) is 5.29. The number of anilines is 1. The van der Waals surface area contributed by atoms with Gasteiger partial charge in [-0.25, -0.2) is 9.67 Å². The summed E-state index contributed by atoms with van der Waals surface area (Å²) in [4.78, 5) is 10.5. The van der Waals surface area contributed by atoms with Crippen molar-refractivity contribution in [2.24, 2.45) is 0 Å². The number of H-pyrrole nitrogens is 1. The molecule has 0 atom stereocenters. The van der Waals surface area contributed by atoms with Gasteiger partial charge in [-0.3, -0.25) is 4.90 Å². The van der Waals surface area contributed by atoms with Gasteiger partial charge in [0.15, 0.2) is 11.5 Å². The molecule has 0 amide bonds. The Labute approximate surface area is 178 Å². The first-order valence-electron chi connectivity index (χ1n) is 10.6. The van der Waals surface area contributed by atoms with E-state index in [1.165, 1.54) is 5.56 Å². The van der Waals surface area contributed by atoms with Crippen LogP contribution in [0.4, 0.5) is 5.69 Å². The van der Waals surface area contributed by atoms with E-state index < -0.39 is 8.07 Å². The molecule has 1 aromatic carbocycles. The fourth-order valence-corrected chi connectivity index (χ4v) is 4.26. The number of nitrogen functional groups attached to an aromatic ring is 1. The van der Waals surface area contributed by atoms with Gasteiger partial charge >= 0.3 is 0 Å². The van der Waals surface area contributed by atoms with Crippen molar-refractivity contribution >= 4 is 24.8 Å². The summed E-state index contributed by atoms with van der Waals surface area (Å²) in [7, 11) is -1.10. The molecule has 1 saturated heterocycles. The number of morpholine rings is 1. The number of ether oxygens (including phenoxy) is 2. The third-order valence-corrected chi connectivity index (χ3v) is 7.00. The smallest absolute Gasteiger partial charge is 0.161 e. The summed E-state index contributed by atoms with van der Waals surface area (Å²) in [5.74, 6) is 0.687. The summed E-state index contributed by atoms with van der Waals surface area (Å²) in [6.45, 7) is 12.6. The Balaban J connectivity index is 1.44. The van der Waals surface area contributed by atoms with E-state index in [1.807, 2.05) is 0 Å². The maximum absolute atomic E-state index is 6.21. The van der Waals surface area contributed by atoms with E-state index in [-0.39, 0.29) is 0 Å². The van der Waals surface area contributed by atoms with Gasteiger partial charge in [-0.05, 0) is 23.7 Å². The largest absolute Gasteiger partial charge is 0.396 e. The molecular weight excluding hydrogens is 396 g/mol. The van der Waals surface area contributed by atoms with E-state index in [1.54, 1.807) is 10.9 Å². The van der Waals surface area contributed by atoms with Crippen molar-refractivity contribution in [3.8, 4) is 11.5 Å². The van der Waals surface area contributed by atoms with Crippen LogP contribution in [0.15, 0.2) is 24.4 Å². The van der Waals surface area contributed by atoms with Gasteiger partial charge in [0, 0.05) is 34.3 Å². The molecule has 3 N–H and O–H groups in total. The molecule has 2 aromatic heterocycles. The molecule has 0 bridgehead atoms. The number of nitrogens with one attached hydrogen (secondary N) is 1. The van der Waals surface area contributed by atoms with Crippen LogP contribution in [-0.4, -0.2) is 65.6 Å². The fourth-order valence-electron chi connectivity index (χ4n) is 3.50. The SMILES string of the molecule is C[Si](C)(C)CCOCn1cc(N)c(-c2nc3cc(CN4CCOCC4)ccc3[nH]2)n1. The summed E-state index contributed by atoms with van der Waals surface area (Å²) >= 11 is 0. The zero-order valence-electron chi connectivity index (χ0n) is 18.1. The lowest BCUT2D eigenvalue weighted by Crippen LogP contribution is -2.35. The number of hydrogen-bond acceptors (Lipinski definition) is 6. The van der Waals surface area contributed by atoms with Crippen molar-refractivity contribution in [3.05, 3.63) is 30.0 Å². The van der Waals surface area contributed by atoms with Crippen LogP contribution in [0.1, 0.15) is 5.56 Å². The Kier molecular flexibility index (Phi) is 6.23. The van der Waals surface area contributed by atoms with Crippen LogP contribution in [0.2, 0.25) is 25.7 Å². The highest BCUT2D eigenvalue weighted by atomic mass is 28.3. The number of hydrogen-bond donors (Lipinski definition) is 2. The highest BCUT2D eigenvalue weighted by molar-refractivity contribution is 6.76. The average Bonchev–Trinajstić information content (AvgIpc) is 3.28. The standard InChI is InChI=1S/C21H32N6O2Si/c1-30(2,3)11-10-29-15-27-14-17(22)20(25-27)21-23-18-5-4-16(12-19(18)24-21)13-26-6-8-28-9-7-26/h4-5,12,14H,6-11,13,15,22H2,1-3H3,(H,23,24). The van der Waals surface area contributed by atoms with E-state index in [2.05, 4.69) is 52.8 Å². The predicted octanol–water partition coefficient (Wildman–Crippen LogP) is 3.15. The normalized spacial score (nSPS) is 15.8. The zero-order chi connectivity index (χ0) is 21.1. The Hall–Kier alpha value is -2.20. The van der Waals surface area contributed by atoms with Gasteiger partial charge in [-0.1, -0.05) is 25.7 Å². The molecule has 162 valence electrons. The Morgan fingerprint density at radius 3 is 2.80 bits per heavy atom. The zero-order valence-corrected chi connectivity index (χ0v) is 19.1. The summed E-state index contributed by atoms with van der Waals surface area (Å²) in [5, 5.41) is 4.59. The molecule has 0 aliphatic carbocycles. The van der Waals surface area contributed by atoms with Gasteiger partial charge in [0.05, 0.1) is 36.1 Å². The van der Waals surface area contributed by atoms with Crippen molar-refractivity contribution in [2.45, 2.75) is 39.0 Å². The molecule has 1 aliphatic heterocycles. The molecule has 3 aromatic rings. The summed E-state index contributed by atoms with van der Waals surface area (Å²) in [5.41, 5.74) is 10.6. The van der Waals surface area contributed by atoms with Crippen molar-refractivity contribution in [1.82, 2.24) is 24.6 Å². The van der Waals surface area contributed by atoms with Crippen LogP contribution in [0.3, 0.4) is 0 Å². The lowest BCUT2D eigenvalue weighted by Gasteiger charge is -2.26. The Bertz CT molecular complexity index is 987. The second-order valence-corrected chi connectivity index (χ2v) is 14.8. The molecule has 3 heterocycles. The number of aromatic nitrogens is 4. The third kappa shape index (κ3) is 5.28. The first-order valence-corrected chi connectivity index (χ1v) is 14.3. The number of rotatable bonds is 8. The van der Waals surface area contributed by atoms with Gasteiger partial charge < -0.3 is 20.2 Å². The fraction of sp³-hybridized carbons (Fsp3) is 0.524. The molecule has 0 saturated carbocycles. The second-order valence-electron chi connectivity index (χ2n) is 9.15. The van der Waals surface area contributed by atoms with Gasteiger partial charge in [0.2, 0.25) is 0 Å². The summed E-state index contributed by atoms with van der Waals surface area (Å²) in [6.07, 6.45) is 1.81. The quantitative estimate of drug-likeness (QED) is 0.423. The monoisotopic (exact) mass is 428 g/mol. The first-order chi connectivity index (χ1) is 14.4. The van der Waals surface area contributed by atoms with Crippen LogP contribution in [-0.2, 0) is 22.7 Å². The number of benzene rings is 1. The molecule has 4 rings (SSSR count). The molecule has 8 nitrogen and oxygen atoms in total. The van der Waals surface area contributed by atoms with Crippen LogP contribution >= 0.6 is 0 Å². The molecular formula is C21H32N6O2Si. The average molecular weight is 429 g/mol. The molecule has 0 spiro atoms. The molecule has 1 aliphatic rings. The number of aromatic amines is 1. The second kappa shape index (κ2) is 8.89. The predicted molar refractivity (Wildman–Crippen MR) is 122 cm³/mol. The highest BCUT2D eigenvalue weighted by Crippen LogP contribution is 2.25. The van der Waals surface area contributed by atoms with Crippen molar-refractivity contribution in [1.29, 1.82) is 0 Å². The number of nitrogens with zero attached hydrogens (tertiary/aromatic N) is 4. The highest BCUT2D eigenvalue weighted by Gasteiger charge is 2.16. The number of nitrogens with two attached hydrogens (primary N) is 1. The van der Waals surface area contributed by atoms with Crippen molar-refractivity contribution in [3.63, 3.8) is 0 Å². The maximum atomic E-state index is 6.21. The lowest BCUT2D eigenvalue weighted by molar-refractivity contribution is 0.0342. The Morgan fingerprint density at radius 1 is 1.23 bits per heavy atom. The molecule has 0 radical (unpaired) electrons. The van der Waals surface area contributed by atoms with E-state index in [0.717, 1.165) is 56.5 Å². The summed E-state index contributed by atoms with van der Waals surface area (Å²) in [6, 6.07) is 7.49. The van der Waals surface area contributed by atoms with Crippen LogP contribution < -0.4 is 5.73 Å². The molecule has 0 unspecified atom stereocenters. The van der Waals surface area contributed by atoms with E-state index in [4.69, 9.17) is 20.2 Å². The van der Waals surface area contributed by atoms with E-state index in [0.29, 0.717) is 23.9 Å². The van der Waals surface area contributed by atoms with Crippen molar-refractivity contribution < 1.29 is 9.47 Å². The van der Waals surface area contributed by atoms with Gasteiger partial charge in [-0.15, -0.1) is 0 Å². The van der Waals surface area contributed by atoms with Gasteiger partial charge in [-0.2, -0.15) is 5.10 Å². The Morgan fingerprint density at radius 2 is 2.03 bits per heavy atom. The topological polar surface area (TPSA) is 94.2 Å². The van der Waals surface area contributed by atoms with Gasteiger partial charge in [0.25, 0.3) is 0 Å². The number of fused-ring (bicyclic) bond motifs is 1. The van der Waals surface area contributed by atoms with Crippen LogP contribution in [0.25, 0.3) is 22.6 Å². The first kappa shape index (κ1) is 21.0.